The molecule has 0 aromatic heterocycles. The Morgan fingerprint density at radius 3 is 2.44 bits per heavy atom. The normalized spacial score (nSPS) is 18.8. The Hall–Kier alpha value is -0.570. The molecule has 0 heterocycles. The van der Waals surface area contributed by atoms with E-state index in [0.29, 0.717) is 25.1 Å². The van der Waals surface area contributed by atoms with Gasteiger partial charge in [-0.2, -0.15) is 0 Å². The van der Waals surface area contributed by atoms with Crippen molar-refractivity contribution in [3.63, 3.8) is 0 Å². The molecular weight excluding hydrogens is 455 g/mol. The highest BCUT2D eigenvalue weighted by molar-refractivity contribution is 14.0. The third-order valence-corrected chi connectivity index (χ3v) is 5.19. The zero-order chi connectivity index (χ0) is 18.5. The van der Waals surface area contributed by atoms with Gasteiger partial charge in [-0.3, -0.25) is 9.79 Å². The first kappa shape index (κ1) is 24.5. The van der Waals surface area contributed by atoms with Crippen molar-refractivity contribution in [2.24, 2.45) is 4.99 Å². The van der Waals surface area contributed by atoms with Gasteiger partial charge in [0, 0.05) is 38.7 Å². The lowest BCUT2D eigenvalue weighted by atomic mass is 9.98. The Bertz CT molecular complexity index is 422. The van der Waals surface area contributed by atoms with Crippen molar-refractivity contribution in [1.29, 1.82) is 0 Å². The number of hydrogen-bond donors (Lipinski definition) is 3. The summed E-state index contributed by atoms with van der Waals surface area (Å²) in [6.45, 7) is 5.02. The molecule has 158 valence electrons. The first-order valence-electron chi connectivity index (χ1n) is 10.7. The number of nitrogens with zero attached hydrogens (tertiary/aromatic N) is 1. The summed E-state index contributed by atoms with van der Waals surface area (Å²) in [6, 6.07) is 0.397. The van der Waals surface area contributed by atoms with Gasteiger partial charge in [-0.15, -0.1) is 24.0 Å². The van der Waals surface area contributed by atoms with Crippen molar-refractivity contribution in [2.45, 2.75) is 89.7 Å². The number of nitrogens with one attached hydrogen (secondary N) is 3. The topological polar surface area (TPSA) is 74.8 Å². The molecule has 0 spiro atoms. The molecule has 2 saturated carbocycles. The molecule has 2 rings (SSSR count). The molecule has 0 radical (unpaired) electrons. The van der Waals surface area contributed by atoms with E-state index >= 15 is 0 Å². The summed E-state index contributed by atoms with van der Waals surface area (Å²) < 4.78 is 5.94. The number of ether oxygens (including phenoxy) is 1. The highest BCUT2D eigenvalue weighted by atomic mass is 127. The van der Waals surface area contributed by atoms with Crippen LogP contribution < -0.4 is 16.0 Å². The average Bonchev–Trinajstić information content (AvgIpc) is 3.15. The minimum absolute atomic E-state index is 0. The highest BCUT2D eigenvalue weighted by Crippen LogP contribution is 2.20. The molecule has 27 heavy (non-hydrogen) atoms. The second kappa shape index (κ2) is 15.4. The van der Waals surface area contributed by atoms with E-state index in [-0.39, 0.29) is 29.9 Å². The molecule has 3 N–H and O–H groups in total. The Balaban J connectivity index is 0.00000364. The maximum atomic E-state index is 12.0. The fourth-order valence-corrected chi connectivity index (χ4v) is 3.74. The van der Waals surface area contributed by atoms with Crippen LogP contribution in [0.4, 0.5) is 0 Å². The number of aliphatic imine (C=N–C) groups is 1. The summed E-state index contributed by atoms with van der Waals surface area (Å²) in [5.74, 6) is 0.931. The lowest BCUT2D eigenvalue weighted by Crippen LogP contribution is -2.40. The summed E-state index contributed by atoms with van der Waals surface area (Å²) in [7, 11) is 0. The van der Waals surface area contributed by atoms with Crippen molar-refractivity contribution in [2.75, 3.05) is 26.2 Å². The molecule has 0 aromatic rings. The molecule has 2 fully saturated rings. The molecular formula is C20H39IN4O2. The maximum Gasteiger partial charge on any atom is 0.221 e. The van der Waals surface area contributed by atoms with Crippen molar-refractivity contribution in [3.05, 3.63) is 0 Å². The predicted molar refractivity (Wildman–Crippen MR) is 122 cm³/mol. The van der Waals surface area contributed by atoms with Crippen LogP contribution in [0.25, 0.3) is 0 Å². The van der Waals surface area contributed by atoms with Crippen LogP contribution in [0.15, 0.2) is 4.99 Å². The van der Waals surface area contributed by atoms with Gasteiger partial charge in [0.25, 0.3) is 0 Å². The van der Waals surface area contributed by atoms with Crippen molar-refractivity contribution in [1.82, 2.24) is 16.0 Å². The monoisotopic (exact) mass is 494 g/mol. The van der Waals surface area contributed by atoms with Crippen LogP contribution in [-0.2, 0) is 9.53 Å². The van der Waals surface area contributed by atoms with Gasteiger partial charge < -0.3 is 20.7 Å². The molecule has 6 nitrogen and oxygen atoms in total. The van der Waals surface area contributed by atoms with E-state index < -0.39 is 0 Å². The van der Waals surface area contributed by atoms with Crippen LogP contribution in [0.1, 0.15) is 77.6 Å². The quantitative estimate of drug-likeness (QED) is 0.189. The van der Waals surface area contributed by atoms with Crippen LogP contribution in [0.5, 0.6) is 0 Å². The maximum absolute atomic E-state index is 12.0. The lowest BCUT2D eigenvalue weighted by molar-refractivity contribution is -0.121. The Kier molecular flexibility index (Phi) is 13.9. The van der Waals surface area contributed by atoms with Crippen molar-refractivity contribution in [3.8, 4) is 0 Å². The molecule has 0 aliphatic heterocycles. The second-order valence-corrected chi connectivity index (χ2v) is 7.47. The second-order valence-electron chi connectivity index (χ2n) is 7.47. The van der Waals surface area contributed by atoms with Gasteiger partial charge in [0.05, 0.1) is 6.10 Å². The van der Waals surface area contributed by atoms with Gasteiger partial charge in [0.2, 0.25) is 5.91 Å². The number of rotatable bonds is 10. The van der Waals surface area contributed by atoms with E-state index in [0.717, 1.165) is 44.9 Å². The Morgan fingerprint density at radius 1 is 1.04 bits per heavy atom. The largest absolute Gasteiger partial charge is 0.378 e. The SMILES string of the molecule is CCNC(=NCCCOC1CCCCC1)NCCC(=O)NC1CCCC1.I. The zero-order valence-corrected chi connectivity index (χ0v) is 19.3. The van der Waals surface area contributed by atoms with Gasteiger partial charge in [0.15, 0.2) is 5.96 Å². The van der Waals surface area contributed by atoms with Crippen LogP contribution >= 0.6 is 24.0 Å². The number of hydrogen-bond acceptors (Lipinski definition) is 3. The third-order valence-electron chi connectivity index (χ3n) is 5.19. The van der Waals surface area contributed by atoms with Gasteiger partial charge in [-0.05, 0) is 39.0 Å². The molecule has 2 aliphatic rings. The number of guanidine groups is 1. The van der Waals surface area contributed by atoms with E-state index in [2.05, 4.69) is 27.9 Å². The Labute approximate surface area is 182 Å². The zero-order valence-electron chi connectivity index (χ0n) is 16.9. The summed E-state index contributed by atoms with van der Waals surface area (Å²) in [5.41, 5.74) is 0. The number of halogens is 1. The van der Waals surface area contributed by atoms with Crippen molar-refractivity contribution >= 4 is 35.8 Å². The molecule has 0 bridgehead atoms. The minimum Gasteiger partial charge on any atom is -0.378 e. The van der Waals surface area contributed by atoms with E-state index in [1.807, 2.05) is 0 Å². The summed E-state index contributed by atoms with van der Waals surface area (Å²) in [5, 5.41) is 9.61. The van der Waals surface area contributed by atoms with E-state index in [4.69, 9.17) is 4.74 Å². The Morgan fingerprint density at radius 2 is 1.74 bits per heavy atom. The average molecular weight is 494 g/mol. The summed E-state index contributed by atoms with van der Waals surface area (Å²) in [4.78, 5) is 16.5. The molecule has 0 atom stereocenters. The van der Waals surface area contributed by atoms with E-state index in [9.17, 15) is 4.79 Å². The molecule has 0 aromatic carbocycles. The first-order valence-corrected chi connectivity index (χ1v) is 10.7. The lowest BCUT2D eigenvalue weighted by Gasteiger charge is -2.21. The predicted octanol–water partition coefficient (Wildman–Crippen LogP) is 3.35. The molecule has 0 saturated heterocycles. The van der Waals surface area contributed by atoms with Crippen LogP contribution in [0.3, 0.4) is 0 Å². The van der Waals surface area contributed by atoms with Gasteiger partial charge in [-0.1, -0.05) is 32.1 Å². The minimum atomic E-state index is 0. The van der Waals surface area contributed by atoms with E-state index in [1.165, 1.54) is 44.9 Å². The van der Waals surface area contributed by atoms with E-state index in [1.54, 1.807) is 0 Å². The van der Waals surface area contributed by atoms with Gasteiger partial charge in [-0.25, -0.2) is 0 Å². The standard InChI is InChI=1S/C20H38N4O2.HI/c1-2-21-20(22-14-8-16-26-18-11-4-3-5-12-18)23-15-13-19(25)24-17-9-6-7-10-17;/h17-18H,2-16H2,1H3,(H,24,25)(H2,21,22,23);1H. The summed E-state index contributed by atoms with van der Waals surface area (Å²) in [6.07, 6.45) is 13.1. The first-order chi connectivity index (χ1) is 12.8. The van der Waals surface area contributed by atoms with Crippen LogP contribution in [0, 0.1) is 0 Å². The van der Waals surface area contributed by atoms with Crippen molar-refractivity contribution < 1.29 is 9.53 Å². The fraction of sp³-hybridized carbons (Fsp3) is 0.900. The molecule has 0 unspecified atom stereocenters. The fourth-order valence-electron chi connectivity index (χ4n) is 3.74. The molecule has 1 amide bonds. The van der Waals surface area contributed by atoms with Gasteiger partial charge in [0.1, 0.15) is 0 Å². The van der Waals surface area contributed by atoms with Crippen LogP contribution in [0.2, 0.25) is 0 Å². The number of carbonyl (C=O) groups is 1. The number of carbonyl (C=O) groups excluding carboxylic acids is 1. The molecule has 7 heteroatoms. The number of amides is 1. The molecule has 2 aliphatic carbocycles. The highest BCUT2D eigenvalue weighted by Gasteiger charge is 2.16. The summed E-state index contributed by atoms with van der Waals surface area (Å²) >= 11 is 0. The third kappa shape index (κ3) is 11.1. The van der Waals surface area contributed by atoms with Gasteiger partial charge >= 0.3 is 0 Å². The van der Waals surface area contributed by atoms with Crippen LogP contribution in [-0.4, -0.2) is 50.3 Å². The smallest absolute Gasteiger partial charge is 0.221 e.